The van der Waals surface area contributed by atoms with Gasteiger partial charge in [0.15, 0.2) is 0 Å². The molecule has 1 aliphatic rings. The minimum absolute atomic E-state index is 0.0714. The molecule has 0 unspecified atom stereocenters. The van der Waals surface area contributed by atoms with Gasteiger partial charge in [-0.3, -0.25) is 14.9 Å². The third-order valence-electron chi connectivity index (χ3n) is 5.07. The van der Waals surface area contributed by atoms with E-state index < -0.39 is 0 Å². The summed E-state index contributed by atoms with van der Waals surface area (Å²) < 4.78 is 2.65. The number of likely N-dealkylation sites (N-methyl/N-ethyl adjacent to an activating group) is 1. The molecule has 1 N–H and O–H groups in total. The topological polar surface area (TPSA) is 69.5 Å². The number of hydrogen-bond acceptors (Lipinski definition) is 6. The summed E-state index contributed by atoms with van der Waals surface area (Å²) in [6.45, 7) is 7.79. The van der Waals surface area contributed by atoms with Gasteiger partial charge in [-0.25, -0.2) is 4.98 Å². The first-order valence-corrected chi connectivity index (χ1v) is 10.6. The molecule has 8 heteroatoms. The molecule has 2 aromatic heterocycles. The van der Waals surface area contributed by atoms with Crippen molar-refractivity contribution < 1.29 is 0 Å². The molecule has 1 aromatic carbocycles. The zero-order chi connectivity index (χ0) is 19.7. The lowest BCUT2D eigenvalue weighted by Crippen LogP contribution is -2.42. The Morgan fingerprint density at radius 2 is 2.00 bits per heavy atom. The Morgan fingerprint density at radius 1 is 1.25 bits per heavy atom. The number of hydrazone groups is 1. The number of benzene rings is 1. The molecule has 3 aromatic rings. The Labute approximate surface area is 168 Å². The van der Waals surface area contributed by atoms with Crippen molar-refractivity contribution in [2.45, 2.75) is 26.7 Å². The molecule has 148 valence electrons. The third kappa shape index (κ3) is 3.62. The van der Waals surface area contributed by atoms with Gasteiger partial charge in [0.25, 0.3) is 5.56 Å². The molecule has 1 fully saturated rings. The first kappa shape index (κ1) is 18.9. The molecule has 1 saturated heterocycles. The maximum absolute atomic E-state index is 13.3. The lowest BCUT2D eigenvalue weighted by Gasteiger charge is -2.30. The Morgan fingerprint density at radius 3 is 2.71 bits per heavy atom. The number of nitrogens with zero attached hydrogens (tertiary/aromatic N) is 5. The molecule has 1 aliphatic heterocycles. The predicted octanol–water partition coefficient (Wildman–Crippen LogP) is 2.70. The summed E-state index contributed by atoms with van der Waals surface area (Å²) in [5, 5.41) is 10.8. The molecule has 0 amide bonds. The van der Waals surface area contributed by atoms with Crippen molar-refractivity contribution in [2.75, 3.05) is 33.2 Å². The Hall–Kier alpha value is -2.45. The number of fused-ring (bicyclic) bond motifs is 1. The fourth-order valence-electron chi connectivity index (χ4n) is 3.53. The SMILES string of the molecule is CCCc1[nH]n(-c2nc3ccccc3s2)c(=O)c1/C(C)=N/N1CCN(C)CC1. The van der Waals surface area contributed by atoms with Crippen LogP contribution in [0.4, 0.5) is 0 Å². The average Bonchev–Trinajstić information content (AvgIpc) is 3.24. The van der Waals surface area contributed by atoms with Crippen molar-refractivity contribution >= 4 is 27.3 Å². The fourth-order valence-corrected chi connectivity index (χ4v) is 4.46. The molecule has 0 bridgehead atoms. The lowest BCUT2D eigenvalue weighted by atomic mass is 10.1. The van der Waals surface area contributed by atoms with Gasteiger partial charge < -0.3 is 4.90 Å². The number of thiazole rings is 1. The van der Waals surface area contributed by atoms with E-state index in [0.29, 0.717) is 10.7 Å². The predicted molar refractivity (Wildman–Crippen MR) is 115 cm³/mol. The normalized spacial score (nSPS) is 16.2. The summed E-state index contributed by atoms with van der Waals surface area (Å²) in [6.07, 6.45) is 1.76. The van der Waals surface area contributed by atoms with Crippen LogP contribution in [0.2, 0.25) is 0 Å². The Balaban J connectivity index is 1.73. The molecule has 0 spiro atoms. The first-order chi connectivity index (χ1) is 13.6. The van der Waals surface area contributed by atoms with E-state index in [4.69, 9.17) is 5.10 Å². The second kappa shape index (κ2) is 7.89. The minimum Gasteiger partial charge on any atom is -0.303 e. The monoisotopic (exact) mass is 398 g/mol. The fraction of sp³-hybridized carbons (Fsp3) is 0.450. The van der Waals surface area contributed by atoms with E-state index in [1.807, 2.05) is 31.2 Å². The highest BCUT2D eigenvalue weighted by atomic mass is 32.1. The van der Waals surface area contributed by atoms with Crippen molar-refractivity contribution in [3.8, 4) is 5.13 Å². The number of H-pyrrole nitrogens is 1. The molecule has 7 nitrogen and oxygen atoms in total. The summed E-state index contributed by atoms with van der Waals surface area (Å²) in [5.74, 6) is 0. The van der Waals surface area contributed by atoms with E-state index >= 15 is 0 Å². The zero-order valence-electron chi connectivity index (χ0n) is 16.6. The number of hydrogen-bond donors (Lipinski definition) is 1. The van der Waals surface area contributed by atoms with Crippen LogP contribution in [-0.2, 0) is 6.42 Å². The van der Waals surface area contributed by atoms with Gasteiger partial charge in [-0.05, 0) is 32.5 Å². The summed E-state index contributed by atoms with van der Waals surface area (Å²) in [5.41, 5.74) is 3.22. The standard InChI is InChI=1S/C20H26N6OS/c1-4-7-16-18(14(2)22-25-12-10-24(3)11-13-25)19(27)26(23-16)20-21-15-8-5-6-9-17(15)28-20/h5-6,8-9,23H,4,7,10-13H2,1-3H3/b22-14+. The second-order valence-corrected chi connectivity index (χ2v) is 8.27. The second-order valence-electron chi connectivity index (χ2n) is 7.26. The molecular formula is C20H26N6OS. The van der Waals surface area contributed by atoms with Gasteiger partial charge in [-0.2, -0.15) is 9.78 Å². The van der Waals surface area contributed by atoms with Crippen LogP contribution in [0.15, 0.2) is 34.2 Å². The number of aromatic nitrogens is 3. The van der Waals surface area contributed by atoms with Crippen LogP contribution in [-0.4, -0.2) is 63.6 Å². The highest BCUT2D eigenvalue weighted by Crippen LogP contribution is 2.24. The van der Waals surface area contributed by atoms with Crippen molar-refractivity contribution in [1.29, 1.82) is 0 Å². The molecule has 0 aliphatic carbocycles. The van der Waals surface area contributed by atoms with E-state index in [9.17, 15) is 4.79 Å². The largest absolute Gasteiger partial charge is 0.303 e. The molecule has 28 heavy (non-hydrogen) atoms. The van der Waals surface area contributed by atoms with Crippen molar-refractivity contribution in [3.05, 3.63) is 45.9 Å². The number of aryl methyl sites for hydroxylation is 1. The smallest absolute Gasteiger partial charge is 0.282 e. The van der Waals surface area contributed by atoms with Crippen LogP contribution in [0.3, 0.4) is 0 Å². The average molecular weight is 399 g/mol. The summed E-state index contributed by atoms with van der Waals surface area (Å²) in [7, 11) is 2.12. The van der Waals surface area contributed by atoms with Crippen LogP contribution in [0.1, 0.15) is 31.5 Å². The van der Waals surface area contributed by atoms with E-state index in [0.717, 1.165) is 60.6 Å². The highest BCUT2D eigenvalue weighted by Gasteiger charge is 2.21. The van der Waals surface area contributed by atoms with Crippen molar-refractivity contribution in [1.82, 2.24) is 24.7 Å². The summed E-state index contributed by atoms with van der Waals surface area (Å²) in [6, 6.07) is 7.95. The van der Waals surface area contributed by atoms with E-state index in [1.165, 1.54) is 11.3 Å². The lowest BCUT2D eigenvalue weighted by molar-refractivity contribution is 0.159. The number of para-hydroxylation sites is 1. The van der Waals surface area contributed by atoms with Crippen LogP contribution in [0, 0.1) is 0 Å². The summed E-state index contributed by atoms with van der Waals surface area (Å²) in [4.78, 5) is 20.2. The molecular weight excluding hydrogens is 372 g/mol. The van der Waals surface area contributed by atoms with E-state index in [-0.39, 0.29) is 5.56 Å². The maximum atomic E-state index is 13.3. The van der Waals surface area contributed by atoms with Gasteiger partial charge in [0.2, 0.25) is 5.13 Å². The maximum Gasteiger partial charge on any atom is 0.282 e. The number of aromatic amines is 1. The van der Waals surface area contributed by atoms with Gasteiger partial charge in [0, 0.05) is 31.9 Å². The van der Waals surface area contributed by atoms with Crippen molar-refractivity contribution in [3.63, 3.8) is 0 Å². The zero-order valence-corrected chi connectivity index (χ0v) is 17.4. The van der Waals surface area contributed by atoms with Gasteiger partial charge >= 0.3 is 0 Å². The Kier molecular flexibility index (Phi) is 5.32. The van der Waals surface area contributed by atoms with Crippen molar-refractivity contribution in [2.24, 2.45) is 5.10 Å². The molecule has 0 radical (unpaired) electrons. The van der Waals surface area contributed by atoms with Gasteiger partial charge in [0.1, 0.15) is 0 Å². The third-order valence-corrected chi connectivity index (χ3v) is 6.09. The molecule has 3 heterocycles. The van der Waals surface area contributed by atoms with Gasteiger partial charge in [-0.1, -0.05) is 36.8 Å². The first-order valence-electron chi connectivity index (χ1n) is 9.75. The number of piperazine rings is 1. The number of rotatable bonds is 5. The van der Waals surface area contributed by atoms with Crippen LogP contribution in [0.25, 0.3) is 15.3 Å². The molecule has 4 rings (SSSR count). The van der Waals surface area contributed by atoms with Gasteiger partial charge in [0.05, 0.1) is 21.5 Å². The van der Waals surface area contributed by atoms with Crippen LogP contribution < -0.4 is 5.56 Å². The van der Waals surface area contributed by atoms with E-state index in [1.54, 1.807) is 4.68 Å². The highest BCUT2D eigenvalue weighted by molar-refractivity contribution is 7.20. The Bertz CT molecular complexity index is 1020. The van der Waals surface area contributed by atoms with Crippen LogP contribution in [0.5, 0.6) is 0 Å². The quantitative estimate of drug-likeness (QED) is 0.671. The summed E-state index contributed by atoms with van der Waals surface area (Å²) >= 11 is 1.52. The van der Waals surface area contributed by atoms with Gasteiger partial charge in [-0.15, -0.1) is 0 Å². The number of nitrogens with one attached hydrogen (secondary N) is 1. The van der Waals surface area contributed by atoms with E-state index in [2.05, 4.69) is 34.0 Å². The molecule has 0 saturated carbocycles. The van der Waals surface area contributed by atoms with Crippen LogP contribution >= 0.6 is 11.3 Å². The minimum atomic E-state index is -0.0714. The molecule has 0 atom stereocenters.